The van der Waals surface area contributed by atoms with E-state index in [4.69, 9.17) is 4.98 Å². The molecule has 0 atom stereocenters. The SMILES string of the molecule is CN(c1cccc(CC(=O)c2ccc(F)cc2)n1)C1CCN(CC2CC2)CC1.Cl. The van der Waals surface area contributed by atoms with Crippen LogP contribution < -0.4 is 4.90 Å². The van der Waals surface area contributed by atoms with Crippen LogP contribution in [-0.4, -0.2) is 48.4 Å². The highest BCUT2D eigenvalue weighted by molar-refractivity contribution is 5.97. The van der Waals surface area contributed by atoms with Crippen LogP contribution in [-0.2, 0) is 6.42 Å². The monoisotopic (exact) mass is 417 g/mol. The number of likely N-dealkylation sites (tertiary alicyclic amines) is 1. The lowest BCUT2D eigenvalue weighted by Gasteiger charge is -2.37. The molecule has 4 nitrogen and oxygen atoms in total. The minimum absolute atomic E-state index is 0. The van der Waals surface area contributed by atoms with Gasteiger partial charge < -0.3 is 9.80 Å². The number of anilines is 1. The van der Waals surface area contributed by atoms with Gasteiger partial charge in [0.25, 0.3) is 0 Å². The third-order valence-electron chi connectivity index (χ3n) is 5.98. The minimum atomic E-state index is -0.332. The number of rotatable bonds is 7. The summed E-state index contributed by atoms with van der Waals surface area (Å²) < 4.78 is 13.1. The lowest BCUT2D eigenvalue weighted by molar-refractivity contribution is 0.0992. The Hall–Kier alpha value is -1.98. The number of halogens is 2. The highest BCUT2D eigenvalue weighted by Crippen LogP contribution is 2.31. The number of ketones is 1. The second-order valence-electron chi connectivity index (χ2n) is 8.18. The molecular formula is C23H29ClFN3O. The van der Waals surface area contributed by atoms with Crippen molar-refractivity contribution in [2.24, 2.45) is 5.92 Å². The first-order chi connectivity index (χ1) is 13.6. The number of Topliss-reactive ketones (excluding diaryl/α,β-unsaturated/α-hetero) is 1. The molecule has 0 spiro atoms. The van der Waals surface area contributed by atoms with Gasteiger partial charge in [0.05, 0.1) is 12.1 Å². The number of hydrogen-bond acceptors (Lipinski definition) is 4. The summed E-state index contributed by atoms with van der Waals surface area (Å²) in [5.41, 5.74) is 1.27. The molecule has 1 aliphatic carbocycles. The van der Waals surface area contributed by atoms with Crippen LogP contribution in [0.4, 0.5) is 10.2 Å². The van der Waals surface area contributed by atoms with E-state index in [1.807, 2.05) is 18.2 Å². The predicted molar refractivity (Wildman–Crippen MR) is 117 cm³/mol. The van der Waals surface area contributed by atoms with E-state index >= 15 is 0 Å². The number of carbonyl (C=O) groups excluding carboxylic acids is 1. The summed E-state index contributed by atoms with van der Waals surface area (Å²) in [6.07, 6.45) is 5.36. The van der Waals surface area contributed by atoms with Crippen molar-refractivity contribution in [3.8, 4) is 0 Å². The van der Waals surface area contributed by atoms with E-state index in [9.17, 15) is 9.18 Å². The number of nitrogens with zero attached hydrogens (tertiary/aromatic N) is 3. The number of benzene rings is 1. The molecule has 2 fully saturated rings. The molecule has 6 heteroatoms. The molecule has 1 aromatic carbocycles. The molecule has 2 heterocycles. The normalized spacial score (nSPS) is 17.6. The van der Waals surface area contributed by atoms with Crippen LogP contribution in [0.15, 0.2) is 42.5 Å². The first kappa shape index (κ1) is 21.7. The van der Waals surface area contributed by atoms with E-state index in [-0.39, 0.29) is 30.4 Å². The van der Waals surface area contributed by atoms with Gasteiger partial charge >= 0.3 is 0 Å². The van der Waals surface area contributed by atoms with E-state index in [1.165, 1.54) is 43.7 Å². The van der Waals surface area contributed by atoms with Crippen molar-refractivity contribution < 1.29 is 9.18 Å². The average molecular weight is 418 g/mol. The molecule has 2 aromatic rings. The Morgan fingerprint density at radius 2 is 1.79 bits per heavy atom. The molecule has 0 unspecified atom stereocenters. The van der Waals surface area contributed by atoms with Gasteiger partial charge in [-0.3, -0.25) is 4.79 Å². The highest BCUT2D eigenvalue weighted by Gasteiger charge is 2.28. The molecule has 0 radical (unpaired) electrons. The Morgan fingerprint density at radius 1 is 1.10 bits per heavy atom. The summed E-state index contributed by atoms with van der Waals surface area (Å²) in [5, 5.41) is 0. The van der Waals surface area contributed by atoms with E-state index in [1.54, 1.807) is 0 Å². The van der Waals surface area contributed by atoms with Crippen molar-refractivity contribution in [2.75, 3.05) is 31.6 Å². The van der Waals surface area contributed by atoms with Crippen molar-refractivity contribution in [3.63, 3.8) is 0 Å². The summed E-state index contributed by atoms with van der Waals surface area (Å²) in [6, 6.07) is 12.1. The fraction of sp³-hybridized carbons (Fsp3) is 0.478. The maximum atomic E-state index is 13.1. The molecule has 29 heavy (non-hydrogen) atoms. The van der Waals surface area contributed by atoms with Gasteiger partial charge in [0.2, 0.25) is 0 Å². The zero-order valence-electron chi connectivity index (χ0n) is 16.9. The fourth-order valence-electron chi connectivity index (χ4n) is 4.01. The molecule has 0 bridgehead atoms. The summed E-state index contributed by atoms with van der Waals surface area (Å²) in [5.74, 6) is 1.50. The van der Waals surface area contributed by atoms with Crippen molar-refractivity contribution in [1.82, 2.24) is 9.88 Å². The minimum Gasteiger partial charge on any atom is -0.357 e. The molecular weight excluding hydrogens is 389 g/mol. The molecule has 1 saturated heterocycles. The van der Waals surface area contributed by atoms with Gasteiger partial charge in [-0.2, -0.15) is 0 Å². The summed E-state index contributed by atoms with van der Waals surface area (Å²) >= 11 is 0. The van der Waals surface area contributed by atoms with Gasteiger partial charge in [-0.15, -0.1) is 12.4 Å². The maximum absolute atomic E-state index is 13.1. The van der Waals surface area contributed by atoms with Gasteiger partial charge in [0.1, 0.15) is 11.6 Å². The summed E-state index contributed by atoms with van der Waals surface area (Å²) in [6.45, 7) is 3.60. The van der Waals surface area contributed by atoms with Gasteiger partial charge in [0, 0.05) is 38.3 Å². The lowest BCUT2D eigenvalue weighted by Crippen LogP contribution is -2.44. The highest BCUT2D eigenvalue weighted by atomic mass is 35.5. The molecule has 1 aliphatic heterocycles. The molecule has 1 aromatic heterocycles. The number of hydrogen-bond donors (Lipinski definition) is 0. The third-order valence-corrected chi connectivity index (χ3v) is 5.98. The van der Waals surface area contributed by atoms with Gasteiger partial charge in [-0.05, 0) is 68.0 Å². The smallest absolute Gasteiger partial charge is 0.168 e. The Kier molecular flexibility index (Phi) is 7.25. The average Bonchev–Trinajstić information content (AvgIpc) is 3.53. The Labute approximate surface area is 178 Å². The molecule has 0 amide bonds. The predicted octanol–water partition coefficient (Wildman–Crippen LogP) is 4.38. The zero-order valence-corrected chi connectivity index (χ0v) is 17.7. The first-order valence-electron chi connectivity index (χ1n) is 10.3. The first-order valence-corrected chi connectivity index (χ1v) is 10.3. The van der Waals surface area contributed by atoms with Gasteiger partial charge in [-0.1, -0.05) is 6.07 Å². The number of carbonyl (C=O) groups is 1. The van der Waals surface area contributed by atoms with E-state index in [2.05, 4.69) is 16.8 Å². The number of aromatic nitrogens is 1. The zero-order chi connectivity index (χ0) is 19.5. The van der Waals surface area contributed by atoms with Crippen molar-refractivity contribution in [1.29, 1.82) is 0 Å². The molecule has 156 valence electrons. The molecule has 0 N–H and O–H groups in total. The fourth-order valence-corrected chi connectivity index (χ4v) is 4.01. The van der Waals surface area contributed by atoms with Crippen LogP contribution in [0, 0.1) is 11.7 Å². The second kappa shape index (κ2) is 9.68. The van der Waals surface area contributed by atoms with E-state index in [0.29, 0.717) is 11.6 Å². The molecule has 4 rings (SSSR count). The topological polar surface area (TPSA) is 36.4 Å². The molecule has 2 aliphatic rings. The van der Waals surface area contributed by atoms with E-state index in [0.717, 1.165) is 43.4 Å². The maximum Gasteiger partial charge on any atom is 0.168 e. The van der Waals surface area contributed by atoms with Crippen LogP contribution in [0.5, 0.6) is 0 Å². The van der Waals surface area contributed by atoms with E-state index < -0.39 is 0 Å². The van der Waals surface area contributed by atoms with Crippen LogP contribution >= 0.6 is 12.4 Å². The van der Waals surface area contributed by atoms with Crippen LogP contribution in [0.25, 0.3) is 0 Å². The Morgan fingerprint density at radius 3 is 2.45 bits per heavy atom. The third kappa shape index (κ3) is 5.77. The largest absolute Gasteiger partial charge is 0.357 e. The van der Waals surface area contributed by atoms with Crippen molar-refractivity contribution in [3.05, 3.63) is 59.5 Å². The number of piperidine rings is 1. The van der Waals surface area contributed by atoms with Crippen LogP contribution in [0.3, 0.4) is 0 Å². The second-order valence-corrected chi connectivity index (χ2v) is 8.18. The van der Waals surface area contributed by atoms with Crippen molar-refractivity contribution in [2.45, 2.75) is 38.1 Å². The van der Waals surface area contributed by atoms with Gasteiger partial charge in [-0.25, -0.2) is 9.37 Å². The van der Waals surface area contributed by atoms with Crippen LogP contribution in [0.1, 0.15) is 41.7 Å². The Balaban J connectivity index is 0.00000240. The Bertz CT molecular complexity index is 817. The number of pyridine rings is 1. The van der Waals surface area contributed by atoms with Gasteiger partial charge in [0.15, 0.2) is 5.78 Å². The summed E-state index contributed by atoms with van der Waals surface area (Å²) in [7, 11) is 2.11. The lowest BCUT2D eigenvalue weighted by atomic mass is 10.0. The standard InChI is InChI=1S/C23H28FN3O.ClH/c1-26(21-11-13-27(14-12-21)16-17-5-6-17)23-4-2-3-20(25-23)15-22(28)18-7-9-19(24)10-8-18;/h2-4,7-10,17,21H,5-6,11-16H2,1H3;1H. The van der Waals surface area contributed by atoms with Crippen molar-refractivity contribution >= 4 is 24.0 Å². The van der Waals surface area contributed by atoms with Crippen LogP contribution in [0.2, 0.25) is 0 Å². The quantitative estimate of drug-likeness (QED) is 0.626. The summed E-state index contributed by atoms with van der Waals surface area (Å²) in [4.78, 5) is 22.1. The molecule has 1 saturated carbocycles.